The van der Waals surface area contributed by atoms with E-state index in [1.807, 2.05) is 19.1 Å². The molecule has 1 aliphatic rings. The molecular formula is C20H24ClN3O. The molecule has 5 heteroatoms. The van der Waals surface area contributed by atoms with E-state index in [1.54, 1.807) is 12.1 Å². The molecule has 25 heavy (non-hydrogen) atoms. The molecule has 0 radical (unpaired) electrons. The molecule has 1 amide bonds. The number of carbonyl (C=O) groups excluding carboxylic acids is 1. The van der Waals surface area contributed by atoms with Crippen molar-refractivity contribution >= 4 is 28.9 Å². The van der Waals surface area contributed by atoms with Crippen molar-refractivity contribution in [2.75, 3.05) is 36.4 Å². The van der Waals surface area contributed by atoms with Gasteiger partial charge in [0.25, 0.3) is 0 Å². The monoisotopic (exact) mass is 357 g/mol. The van der Waals surface area contributed by atoms with E-state index in [1.165, 1.54) is 11.3 Å². The highest BCUT2D eigenvalue weighted by Gasteiger charge is 2.26. The van der Waals surface area contributed by atoms with Gasteiger partial charge in [-0.05, 0) is 49.7 Å². The Hall–Kier alpha value is -2.04. The van der Waals surface area contributed by atoms with Gasteiger partial charge in [0.2, 0.25) is 5.91 Å². The first-order valence-electron chi connectivity index (χ1n) is 8.65. The fraction of sp³-hybridized carbons (Fsp3) is 0.350. The molecule has 3 rings (SSSR count). The zero-order valence-corrected chi connectivity index (χ0v) is 15.5. The van der Waals surface area contributed by atoms with Gasteiger partial charge in [-0.3, -0.25) is 9.69 Å². The number of rotatable bonds is 4. The Morgan fingerprint density at radius 3 is 2.32 bits per heavy atom. The van der Waals surface area contributed by atoms with E-state index >= 15 is 0 Å². The van der Waals surface area contributed by atoms with Crippen LogP contribution in [-0.2, 0) is 4.79 Å². The van der Waals surface area contributed by atoms with Crippen LogP contribution in [0.25, 0.3) is 0 Å². The van der Waals surface area contributed by atoms with Gasteiger partial charge in [-0.25, -0.2) is 0 Å². The van der Waals surface area contributed by atoms with Crippen LogP contribution < -0.4 is 10.2 Å². The fourth-order valence-corrected chi connectivity index (χ4v) is 3.34. The summed E-state index contributed by atoms with van der Waals surface area (Å²) in [4.78, 5) is 17.1. The smallest absolute Gasteiger partial charge is 0.241 e. The number of piperazine rings is 1. The average Bonchev–Trinajstić information content (AvgIpc) is 2.63. The molecule has 0 unspecified atom stereocenters. The van der Waals surface area contributed by atoms with Crippen molar-refractivity contribution in [3.05, 3.63) is 59.1 Å². The molecule has 1 saturated heterocycles. The molecule has 132 valence electrons. The van der Waals surface area contributed by atoms with Crippen molar-refractivity contribution in [2.24, 2.45) is 0 Å². The van der Waals surface area contributed by atoms with Gasteiger partial charge in [0.1, 0.15) is 0 Å². The molecule has 1 aliphatic heterocycles. The van der Waals surface area contributed by atoms with Gasteiger partial charge in [0, 0.05) is 42.6 Å². The van der Waals surface area contributed by atoms with Crippen molar-refractivity contribution in [1.82, 2.24) is 4.90 Å². The fourth-order valence-electron chi connectivity index (χ4n) is 3.21. The lowest BCUT2D eigenvalue weighted by Gasteiger charge is -2.39. The molecule has 1 atom stereocenters. The molecule has 2 aromatic rings. The normalized spacial score (nSPS) is 16.5. The highest BCUT2D eigenvalue weighted by Crippen LogP contribution is 2.21. The molecule has 1 N–H and O–H groups in total. The summed E-state index contributed by atoms with van der Waals surface area (Å²) in [5, 5.41) is 3.63. The van der Waals surface area contributed by atoms with Gasteiger partial charge in [0.15, 0.2) is 0 Å². The van der Waals surface area contributed by atoms with Crippen LogP contribution >= 0.6 is 11.6 Å². The van der Waals surface area contributed by atoms with Crippen LogP contribution in [0.4, 0.5) is 11.4 Å². The number of halogens is 1. The third-order valence-corrected chi connectivity index (χ3v) is 5.06. The second-order valence-electron chi connectivity index (χ2n) is 6.48. The maximum absolute atomic E-state index is 12.5. The van der Waals surface area contributed by atoms with Crippen molar-refractivity contribution in [2.45, 2.75) is 19.9 Å². The van der Waals surface area contributed by atoms with E-state index in [0.29, 0.717) is 5.02 Å². The van der Waals surface area contributed by atoms with Gasteiger partial charge in [0.05, 0.1) is 6.04 Å². The van der Waals surface area contributed by atoms with Crippen molar-refractivity contribution in [3.63, 3.8) is 0 Å². The number of nitrogens with zero attached hydrogens (tertiary/aromatic N) is 2. The standard InChI is InChI=1S/C20H24ClN3O/c1-15-5-3-4-6-19(15)24-13-11-23(12-14-24)16(2)20(25)22-18-9-7-17(21)8-10-18/h3-10,16H,11-14H2,1-2H3,(H,22,25)/t16-/m1/s1. The number of para-hydroxylation sites is 1. The third-order valence-electron chi connectivity index (χ3n) is 4.81. The number of hydrogen-bond donors (Lipinski definition) is 1. The topological polar surface area (TPSA) is 35.6 Å². The van der Waals surface area contributed by atoms with Gasteiger partial charge < -0.3 is 10.2 Å². The molecule has 4 nitrogen and oxygen atoms in total. The van der Waals surface area contributed by atoms with Crippen molar-refractivity contribution < 1.29 is 4.79 Å². The van der Waals surface area contributed by atoms with E-state index in [2.05, 4.69) is 46.3 Å². The average molecular weight is 358 g/mol. The van der Waals surface area contributed by atoms with Crippen LogP contribution in [0.15, 0.2) is 48.5 Å². The third kappa shape index (κ3) is 4.33. The summed E-state index contributed by atoms with van der Waals surface area (Å²) in [6, 6.07) is 15.5. The van der Waals surface area contributed by atoms with Gasteiger partial charge in [-0.15, -0.1) is 0 Å². The summed E-state index contributed by atoms with van der Waals surface area (Å²) in [5.74, 6) is 0.0201. The number of nitrogens with one attached hydrogen (secondary N) is 1. The Morgan fingerprint density at radius 1 is 1.04 bits per heavy atom. The Morgan fingerprint density at radius 2 is 1.68 bits per heavy atom. The zero-order chi connectivity index (χ0) is 17.8. The van der Waals surface area contributed by atoms with Gasteiger partial charge in [-0.2, -0.15) is 0 Å². The first kappa shape index (κ1) is 17.8. The zero-order valence-electron chi connectivity index (χ0n) is 14.7. The molecular weight excluding hydrogens is 334 g/mol. The van der Waals surface area contributed by atoms with Gasteiger partial charge >= 0.3 is 0 Å². The van der Waals surface area contributed by atoms with Crippen LogP contribution in [0.2, 0.25) is 5.02 Å². The highest BCUT2D eigenvalue weighted by atomic mass is 35.5. The summed E-state index contributed by atoms with van der Waals surface area (Å²) in [6.07, 6.45) is 0. The molecule has 0 aromatic heterocycles. The summed E-state index contributed by atoms with van der Waals surface area (Å²) < 4.78 is 0. The Labute approximate surface area is 154 Å². The lowest BCUT2D eigenvalue weighted by Crippen LogP contribution is -2.53. The second-order valence-corrected chi connectivity index (χ2v) is 6.92. The lowest BCUT2D eigenvalue weighted by molar-refractivity contribution is -0.120. The predicted molar refractivity (Wildman–Crippen MR) is 105 cm³/mol. The Kier molecular flexibility index (Phi) is 5.61. The minimum absolute atomic E-state index is 0.0201. The first-order valence-corrected chi connectivity index (χ1v) is 9.03. The number of anilines is 2. The largest absolute Gasteiger partial charge is 0.369 e. The molecule has 0 aliphatic carbocycles. The number of amides is 1. The Balaban J connectivity index is 1.56. The minimum Gasteiger partial charge on any atom is -0.369 e. The maximum Gasteiger partial charge on any atom is 0.241 e. The quantitative estimate of drug-likeness (QED) is 0.904. The van der Waals surface area contributed by atoms with Crippen LogP contribution in [0, 0.1) is 6.92 Å². The molecule has 0 bridgehead atoms. The lowest BCUT2D eigenvalue weighted by atomic mass is 10.1. The van der Waals surface area contributed by atoms with E-state index in [0.717, 1.165) is 31.9 Å². The van der Waals surface area contributed by atoms with Crippen LogP contribution in [0.1, 0.15) is 12.5 Å². The van der Waals surface area contributed by atoms with E-state index < -0.39 is 0 Å². The molecule has 0 spiro atoms. The van der Waals surface area contributed by atoms with Crippen LogP contribution in [0.3, 0.4) is 0 Å². The Bertz CT molecular complexity index is 724. The molecule has 1 heterocycles. The van der Waals surface area contributed by atoms with Crippen molar-refractivity contribution in [3.8, 4) is 0 Å². The first-order chi connectivity index (χ1) is 12.0. The number of carbonyl (C=O) groups is 1. The van der Waals surface area contributed by atoms with Crippen LogP contribution in [-0.4, -0.2) is 43.0 Å². The van der Waals surface area contributed by atoms with E-state index in [4.69, 9.17) is 11.6 Å². The van der Waals surface area contributed by atoms with E-state index in [9.17, 15) is 4.79 Å². The predicted octanol–water partition coefficient (Wildman–Crippen LogP) is 3.80. The SMILES string of the molecule is Cc1ccccc1N1CCN([C@H](C)C(=O)Nc2ccc(Cl)cc2)CC1. The van der Waals surface area contributed by atoms with Crippen molar-refractivity contribution in [1.29, 1.82) is 0 Å². The van der Waals surface area contributed by atoms with Gasteiger partial charge in [-0.1, -0.05) is 29.8 Å². The number of aryl methyl sites for hydroxylation is 1. The minimum atomic E-state index is -0.158. The van der Waals surface area contributed by atoms with Crippen LogP contribution in [0.5, 0.6) is 0 Å². The maximum atomic E-state index is 12.5. The second kappa shape index (κ2) is 7.89. The number of hydrogen-bond acceptors (Lipinski definition) is 3. The molecule has 0 saturated carbocycles. The summed E-state index contributed by atoms with van der Waals surface area (Å²) >= 11 is 5.88. The molecule has 1 fully saturated rings. The summed E-state index contributed by atoms with van der Waals surface area (Å²) in [5.41, 5.74) is 3.37. The summed E-state index contributed by atoms with van der Waals surface area (Å²) in [7, 11) is 0. The van der Waals surface area contributed by atoms with E-state index in [-0.39, 0.29) is 11.9 Å². The number of benzene rings is 2. The highest BCUT2D eigenvalue weighted by molar-refractivity contribution is 6.30. The summed E-state index contributed by atoms with van der Waals surface area (Å²) in [6.45, 7) is 7.73. The molecule has 2 aromatic carbocycles.